The van der Waals surface area contributed by atoms with E-state index in [0.717, 1.165) is 17.0 Å². The van der Waals surface area contributed by atoms with Gasteiger partial charge in [-0.2, -0.15) is 0 Å². The summed E-state index contributed by atoms with van der Waals surface area (Å²) in [6.07, 6.45) is 0.878. The Kier molecular flexibility index (Phi) is 3.08. The number of halogens is 1. The summed E-state index contributed by atoms with van der Waals surface area (Å²) < 4.78 is 0. The summed E-state index contributed by atoms with van der Waals surface area (Å²) in [6.45, 7) is 2.05. The molecule has 0 spiro atoms. The average molecular weight is 216 g/mol. The Bertz CT molecular complexity index is 426. The summed E-state index contributed by atoms with van der Waals surface area (Å²) in [5, 5.41) is 0.829. The van der Waals surface area contributed by atoms with E-state index in [1.54, 1.807) is 0 Å². The molecule has 2 aromatic carbocycles. The molecule has 0 atom stereocenters. The molecule has 75 valence electrons. The lowest BCUT2D eigenvalue weighted by molar-refractivity contribution is 1.15. The van der Waals surface area contributed by atoms with Crippen LogP contribution in [-0.4, -0.2) is 0 Å². The maximum atomic E-state index is 6.16. The van der Waals surface area contributed by atoms with Gasteiger partial charge in [0, 0.05) is 5.02 Å². The molecule has 0 saturated carbocycles. The number of hydrogen-bond acceptors (Lipinski definition) is 0. The first-order chi connectivity index (χ1) is 7.27. The molecule has 0 aliphatic rings. The maximum absolute atomic E-state index is 6.16. The molecular weight excluding hydrogens is 204 g/mol. The molecule has 0 aliphatic heterocycles. The van der Waals surface area contributed by atoms with E-state index < -0.39 is 0 Å². The van der Waals surface area contributed by atoms with Gasteiger partial charge in [-0.25, -0.2) is 0 Å². The summed E-state index contributed by atoms with van der Waals surface area (Å²) >= 11 is 6.16. The van der Waals surface area contributed by atoms with Crippen LogP contribution in [0.25, 0.3) is 0 Å². The third-order valence-electron chi connectivity index (χ3n) is 2.49. The lowest BCUT2D eigenvalue weighted by atomic mass is 10.0. The fourth-order valence-electron chi connectivity index (χ4n) is 1.62. The van der Waals surface area contributed by atoms with Crippen LogP contribution in [0.3, 0.4) is 0 Å². The summed E-state index contributed by atoms with van der Waals surface area (Å²) in [5.74, 6) is 0. The Morgan fingerprint density at radius 1 is 1.13 bits per heavy atom. The zero-order valence-electron chi connectivity index (χ0n) is 8.63. The average Bonchev–Trinajstić information content (AvgIpc) is 2.25. The first-order valence-electron chi connectivity index (χ1n) is 4.97. The predicted octanol–water partition coefficient (Wildman–Crippen LogP) is 4.04. The minimum Gasteiger partial charge on any atom is -0.0840 e. The van der Waals surface area contributed by atoms with Crippen molar-refractivity contribution in [1.29, 1.82) is 0 Å². The largest absolute Gasteiger partial charge is 0.0840 e. The molecule has 0 N–H and O–H groups in total. The molecule has 2 aromatic rings. The Morgan fingerprint density at radius 3 is 2.53 bits per heavy atom. The van der Waals surface area contributed by atoms with Crippen molar-refractivity contribution in [2.75, 3.05) is 0 Å². The number of rotatable bonds is 2. The molecule has 0 heterocycles. The van der Waals surface area contributed by atoms with Crippen molar-refractivity contribution >= 4 is 11.6 Å². The van der Waals surface area contributed by atoms with Crippen LogP contribution in [0.4, 0.5) is 0 Å². The Morgan fingerprint density at radius 2 is 1.87 bits per heavy atom. The number of aryl methyl sites for hydroxylation is 1. The molecule has 0 amide bonds. The zero-order valence-corrected chi connectivity index (χ0v) is 9.38. The third kappa shape index (κ3) is 2.40. The standard InChI is InChI=1S/C14H12Cl/c1-11-6-5-9-14(15)13(11)10-12-7-3-2-4-8-12/h2-5,7-9H,10H2,1H3. The third-order valence-corrected chi connectivity index (χ3v) is 2.85. The van der Waals surface area contributed by atoms with E-state index >= 15 is 0 Å². The van der Waals surface area contributed by atoms with Crippen molar-refractivity contribution < 1.29 is 0 Å². The van der Waals surface area contributed by atoms with Gasteiger partial charge in [0.05, 0.1) is 0 Å². The van der Waals surface area contributed by atoms with Gasteiger partial charge in [-0.3, -0.25) is 0 Å². The Labute approximate surface area is 95.5 Å². The van der Waals surface area contributed by atoms with Crippen molar-refractivity contribution in [3.8, 4) is 0 Å². The summed E-state index contributed by atoms with van der Waals surface area (Å²) in [5.41, 5.74) is 3.58. The van der Waals surface area contributed by atoms with E-state index in [0.29, 0.717) is 0 Å². The highest BCUT2D eigenvalue weighted by atomic mass is 35.5. The van der Waals surface area contributed by atoms with Gasteiger partial charge in [-0.05, 0) is 42.2 Å². The molecule has 0 fully saturated rings. The fourth-order valence-corrected chi connectivity index (χ4v) is 1.90. The van der Waals surface area contributed by atoms with Crippen LogP contribution in [0.5, 0.6) is 0 Å². The first-order valence-corrected chi connectivity index (χ1v) is 5.35. The summed E-state index contributed by atoms with van der Waals surface area (Å²) in [6, 6.07) is 17.3. The Balaban J connectivity index is 2.32. The van der Waals surface area contributed by atoms with Gasteiger partial charge in [-0.1, -0.05) is 48.0 Å². The molecule has 0 aliphatic carbocycles. The van der Waals surface area contributed by atoms with Crippen LogP contribution in [0.1, 0.15) is 16.7 Å². The van der Waals surface area contributed by atoms with Crippen LogP contribution in [-0.2, 0) is 6.42 Å². The van der Waals surface area contributed by atoms with Gasteiger partial charge in [0.2, 0.25) is 0 Å². The number of hydrogen-bond donors (Lipinski definition) is 0. The SMILES string of the molecule is Cc1[c]ccc(Cl)c1Cc1ccccc1. The zero-order chi connectivity index (χ0) is 10.7. The molecule has 1 heteroatoms. The van der Waals surface area contributed by atoms with E-state index in [1.807, 2.05) is 37.3 Å². The second-order valence-electron chi connectivity index (χ2n) is 3.59. The van der Waals surface area contributed by atoms with Crippen molar-refractivity contribution in [3.05, 3.63) is 70.2 Å². The van der Waals surface area contributed by atoms with E-state index in [1.165, 1.54) is 11.1 Å². The molecule has 2 rings (SSSR count). The molecule has 0 nitrogen and oxygen atoms in total. The first kappa shape index (κ1) is 10.3. The van der Waals surface area contributed by atoms with Crippen LogP contribution in [0, 0.1) is 13.0 Å². The van der Waals surface area contributed by atoms with Crippen molar-refractivity contribution in [2.45, 2.75) is 13.3 Å². The van der Waals surface area contributed by atoms with Gasteiger partial charge in [-0.15, -0.1) is 0 Å². The molecule has 15 heavy (non-hydrogen) atoms. The fraction of sp³-hybridized carbons (Fsp3) is 0.143. The molecule has 0 aromatic heterocycles. The second kappa shape index (κ2) is 4.50. The molecular formula is C14H12Cl. The molecule has 0 unspecified atom stereocenters. The predicted molar refractivity (Wildman–Crippen MR) is 64.3 cm³/mol. The van der Waals surface area contributed by atoms with E-state index in [2.05, 4.69) is 18.2 Å². The highest BCUT2D eigenvalue weighted by molar-refractivity contribution is 6.31. The van der Waals surface area contributed by atoms with Crippen molar-refractivity contribution in [3.63, 3.8) is 0 Å². The lowest BCUT2D eigenvalue weighted by Crippen LogP contribution is -1.92. The minimum atomic E-state index is 0.829. The second-order valence-corrected chi connectivity index (χ2v) is 4.00. The molecule has 1 radical (unpaired) electrons. The van der Waals surface area contributed by atoms with E-state index in [-0.39, 0.29) is 0 Å². The minimum absolute atomic E-state index is 0.829. The topological polar surface area (TPSA) is 0 Å². The summed E-state index contributed by atoms with van der Waals surface area (Å²) in [7, 11) is 0. The highest BCUT2D eigenvalue weighted by Crippen LogP contribution is 2.22. The van der Waals surface area contributed by atoms with Gasteiger partial charge in [0.1, 0.15) is 0 Å². The number of benzene rings is 2. The van der Waals surface area contributed by atoms with Crippen LogP contribution >= 0.6 is 11.6 Å². The van der Waals surface area contributed by atoms with Gasteiger partial charge in [0.25, 0.3) is 0 Å². The summed E-state index contributed by atoms with van der Waals surface area (Å²) in [4.78, 5) is 0. The van der Waals surface area contributed by atoms with E-state index in [9.17, 15) is 0 Å². The van der Waals surface area contributed by atoms with Crippen LogP contribution in [0.2, 0.25) is 5.02 Å². The lowest BCUT2D eigenvalue weighted by Gasteiger charge is -2.07. The monoisotopic (exact) mass is 215 g/mol. The van der Waals surface area contributed by atoms with Crippen molar-refractivity contribution in [2.24, 2.45) is 0 Å². The maximum Gasteiger partial charge on any atom is 0.0444 e. The molecule has 0 bridgehead atoms. The van der Waals surface area contributed by atoms with E-state index in [4.69, 9.17) is 11.6 Å². The van der Waals surface area contributed by atoms with Crippen molar-refractivity contribution in [1.82, 2.24) is 0 Å². The molecule has 0 saturated heterocycles. The smallest absolute Gasteiger partial charge is 0.0444 e. The van der Waals surface area contributed by atoms with Gasteiger partial charge in [0.15, 0.2) is 0 Å². The Hall–Kier alpha value is -1.27. The van der Waals surface area contributed by atoms with Crippen LogP contribution in [0.15, 0.2) is 42.5 Å². The highest BCUT2D eigenvalue weighted by Gasteiger charge is 2.04. The normalized spacial score (nSPS) is 10.3. The van der Waals surface area contributed by atoms with Gasteiger partial charge >= 0.3 is 0 Å². The van der Waals surface area contributed by atoms with Gasteiger partial charge < -0.3 is 0 Å². The van der Waals surface area contributed by atoms with Crippen LogP contribution < -0.4 is 0 Å². The quantitative estimate of drug-likeness (QED) is 0.710.